The molecule has 1 N–H and O–H groups in total. The van der Waals surface area contributed by atoms with Crippen molar-refractivity contribution in [1.29, 1.82) is 5.26 Å². The second-order valence-corrected chi connectivity index (χ2v) is 6.02. The molecule has 0 saturated carbocycles. The maximum absolute atomic E-state index is 12.0. The summed E-state index contributed by atoms with van der Waals surface area (Å²) in [6.45, 7) is 1.52. The van der Waals surface area contributed by atoms with E-state index in [1.807, 2.05) is 20.2 Å². The number of aromatic nitrogens is 1. The van der Waals surface area contributed by atoms with Crippen molar-refractivity contribution < 1.29 is 4.79 Å². The highest BCUT2D eigenvalue weighted by atomic mass is 16.1. The summed E-state index contributed by atoms with van der Waals surface area (Å²) in [5.74, 6) is -0.0592. The van der Waals surface area contributed by atoms with E-state index in [0.29, 0.717) is 12.1 Å². The van der Waals surface area contributed by atoms with Gasteiger partial charge in [-0.3, -0.25) is 9.78 Å². The summed E-state index contributed by atoms with van der Waals surface area (Å²) in [5.41, 5.74) is 3.70. The van der Waals surface area contributed by atoms with Gasteiger partial charge in [0.1, 0.15) is 6.07 Å². The fourth-order valence-electron chi connectivity index (χ4n) is 2.42. The zero-order chi connectivity index (χ0) is 17.4. The molecule has 2 aromatic rings. The van der Waals surface area contributed by atoms with Crippen LogP contribution in [0.25, 0.3) is 0 Å². The Labute approximate surface area is 142 Å². The average Bonchev–Trinajstić information content (AvgIpc) is 2.56. The van der Waals surface area contributed by atoms with E-state index in [4.69, 9.17) is 5.26 Å². The molecule has 24 heavy (non-hydrogen) atoms. The Morgan fingerprint density at radius 3 is 2.54 bits per heavy atom. The number of rotatable bonds is 7. The summed E-state index contributed by atoms with van der Waals surface area (Å²) < 4.78 is 0. The third-order valence-corrected chi connectivity index (χ3v) is 3.55. The number of nitrogens with zero attached hydrogens (tertiary/aromatic N) is 3. The van der Waals surface area contributed by atoms with E-state index in [9.17, 15) is 4.79 Å². The molecule has 0 atom stereocenters. The second kappa shape index (κ2) is 8.80. The molecule has 0 aliphatic carbocycles. The van der Waals surface area contributed by atoms with Gasteiger partial charge in [0.25, 0.3) is 0 Å². The SMILES string of the molecule is CN(C)Cc1ccc(CCNC(=O)Cc2cncc(C#N)c2)cc1. The predicted molar refractivity (Wildman–Crippen MR) is 93.2 cm³/mol. The fraction of sp³-hybridized carbons (Fsp3) is 0.316. The highest BCUT2D eigenvalue weighted by molar-refractivity contribution is 5.78. The lowest BCUT2D eigenvalue weighted by molar-refractivity contribution is -0.120. The van der Waals surface area contributed by atoms with E-state index < -0.39 is 0 Å². The molecule has 0 aliphatic rings. The molecular weight excluding hydrogens is 300 g/mol. The minimum absolute atomic E-state index is 0.0592. The van der Waals surface area contributed by atoms with Crippen molar-refractivity contribution in [2.24, 2.45) is 0 Å². The van der Waals surface area contributed by atoms with E-state index in [2.05, 4.69) is 39.5 Å². The van der Waals surface area contributed by atoms with Crippen LogP contribution in [0.1, 0.15) is 22.3 Å². The lowest BCUT2D eigenvalue weighted by atomic mass is 10.1. The minimum atomic E-state index is -0.0592. The lowest BCUT2D eigenvalue weighted by Crippen LogP contribution is -2.27. The summed E-state index contributed by atoms with van der Waals surface area (Å²) >= 11 is 0. The molecule has 0 spiro atoms. The van der Waals surface area contributed by atoms with Gasteiger partial charge in [-0.1, -0.05) is 24.3 Å². The van der Waals surface area contributed by atoms with Crippen LogP contribution >= 0.6 is 0 Å². The van der Waals surface area contributed by atoms with Crippen molar-refractivity contribution >= 4 is 5.91 Å². The van der Waals surface area contributed by atoms with Crippen LogP contribution in [0.4, 0.5) is 0 Å². The molecule has 0 fully saturated rings. The molecule has 1 amide bonds. The first-order valence-corrected chi connectivity index (χ1v) is 7.90. The first-order valence-electron chi connectivity index (χ1n) is 7.90. The van der Waals surface area contributed by atoms with E-state index in [1.165, 1.54) is 17.3 Å². The van der Waals surface area contributed by atoms with Crippen molar-refractivity contribution in [2.75, 3.05) is 20.6 Å². The summed E-state index contributed by atoms with van der Waals surface area (Å²) in [5, 5.41) is 11.7. The molecule has 124 valence electrons. The first-order chi connectivity index (χ1) is 11.6. The van der Waals surface area contributed by atoms with Gasteiger partial charge in [-0.05, 0) is 43.3 Å². The van der Waals surface area contributed by atoms with Gasteiger partial charge in [0.05, 0.1) is 12.0 Å². The van der Waals surface area contributed by atoms with Gasteiger partial charge in [0, 0.05) is 25.5 Å². The van der Waals surface area contributed by atoms with Crippen LogP contribution in [0.5, 0.6) is 0 Å². The molecule has 0 unspecified atom stereocenters. The Morgan fingerprint density at radius 2 is 1.88 bits per heavy atom. The minimum Gasteiger partial charge on any atom is -0.355 e. The van der Waals surface area contributed by atoms with E-state index in [1.54, 1.807) is 12.3 Å². The number of nitrogens with one attached hydrogen (secondary N) is 1. The number of hydrogen-bond donors (Lipinski definition) is 1. The molecule has 0 bridgehead atoms. The van der Waals surface area contributed by atoms with Crippen molar-refractivity contribution in [3.05, 3.63) is 65.0 Å². The van der Waals surface area contributed by atoms with Crippen LogP contribution < -0.4 is 5.32 Å². The van der Waals surface area contributed by atoms with E-state index in [0.717, 1.165) is 18.5 Å². The molecule has 5 heteroatoms. The monoisotopic (exact) mass is 322 g/mol. The molecular formula is C19H22N4O. The van der Waals surface area contributed by atoms with Crippen LogP contribution in [-0.4, -0.2) is 36.4 Å². The number of amides is 1. The maximum Gasteiger partial charge on any atom is 0.224 e. The van der Waals surface area contributed by atoms with Crippen LogP contribution in [0.15, 0.2) is 42.7 Å². The van der Waals surface area contributed by atoms with Crippen LogP contribution in [0, 0.1) is 11.3 Å². The highest BCUT2D eigenvalue weighted by Crippen LogP contribution is 2.07. The van der Waals surface area contributed by atoms with Gasteiger partial charge in [-0.15, -0.1) is 0 Å². The molecule has 0 aliphatic heterocycles. The average molecular weight is 322 g/mol. The number of carbonyl (C=O) groups is 1. The number of pyridine rings is 1. The Balaban J connectivity index is 1.77. The van der Waals surface area contributed by atoms with Crippen LogP contribution in [-0.2, 0) is 24.2 Å². The fourth-order valence-corrected chi connectivity index (χ4v) is 2.42. The summed E-state index contributed by atoms with van der Waals surface area (Å²) in [7, 11) is 4.09. The quantitative estimate of drug-likeness (QED) is 0.845. The molecule has 0 radical (unpaired) electrons. The third kappa shape index (κ3) is 5.82. The van der Waals surface area contributed by atoms with Gasteiger partial charge in [0.2, 0.25) is 5.91 Å². The van der Waals surface area contributed by atoms with E-state index in [-0.39, 0.29) is 12.3 Å². The topological polar surface area (TPSA) is 69.0 Å². The molecule has 0 saturated heterocycles. The summed E-state index contributed by atoms with van der Waals surface area (Å²) in [6, 6.07) is 12.2. The Morgan fingerprint density at radius 1 is 1.17 bits per heavy atom. The molecule has 2 rings (SSSR count). The zero-order valence-corrected chi connectivity index (χ0v) is 14.1. The predicted octanol–water partition coefficient (Wildman–Crippen LogP) is 1.92. The van der Waals surface area contributed by atoms with Crippen molar-refractivity contribution in [2.45, 2.75) is 19.4 Å². The van der Waals surface area contributed by atoms with Gasteiger partial charge < -0.3 is 10.2 Å². The second-order valence-electron chi connectivity index (χ2n) is 6.02. The van der Waals surface area contributed by atoms with Crippen molar-refractivity contribution in [3.8, 4) is 6.07 Å². The Kier molecular flexibility index (Phi) is 6.47. The van der Waals surface area contributed by atoms with E-state index >= 15 is 0 Å². The molecule has 5 nitrogen and oxygen atoms in total. The number of benzene rings is 1. The Bertz CT molecular complexity index is 717. The smallest absolute Gasteiger partial charge is 0.224 e. The first kappa shape index (κ1) is 17.6. The summed E-state index contributed by atoms with van der Waals surface area (Å²) in [6.07, 6.45) is 4.14. The van der Waals surface area contributed by atoms with Gasteiger partial charge in [-0.2, -0.15) is 5.26 Å². The number of hydrogen-bond acceptors (Lipinski definition) is 4. The summed E-state index contributed by atoms with van der Waals surface area (Å²) in [4.78, 5) is 18.0. The van der Waals surface area contributed by atoms with Gasteiger partial charge >= 0.3 is 0 Å². The highest BCUT2D eigenvalue weighted by Gasteiger charge is 2.05. The number of nitriles is 1. The van der Waals surface area contributed by atoms with Crippen molar-refractivity contribution in [1.82, 2.24) is 15.2 Å². The standard InChI is InChI=1S/C19H22N4O/c1-23(2)14-16-5-3-15(4-6-16)7-8-22-19(24)10-17-9-18(11-20)13-21-12-17/h3-6,9,12-13H,7-8,10,14H2,1-2H3,(H,22,24). The third-order valence-electron chi connectivity index (χ3n) is 3.55. The normalized spacial score (nSPS) is 10.4. The zero-order valence-electron chi connectivity index (χ0n) is 14.1. The Hall–Kier alpha value is -2.71. The largest absolute Gasteiger partial charge is 0.355 e. The van der Waals surface area contributed by atoms with Crippen molar-refractivity contribution in [3.63, 3.8) is 0 Å². The molecule has 1 aromatic carbocycles. The van der Waals surface area contributed by atoms with Gasteiger partial charge in [0.15, 0.2) is 0 Å². The van der Waals surface area contributed by atoms with Crippen LogP contribution in [0.3, 0.4) is 0 Å². The number of carbonyl (C=O) groups excluding carboxylic acids is 1. The lowest BCUT2D eigenvalue weighted by Gasteiger charge is -2.10. The maximum atomic E-state index is 12.0. The molecule has 1 heterocycles. The van der Waals surface area contributed by atoms with Gasteiger partial charge in [-0.25, -0.2) is 0 Å². The molecule has 1 aromatic heterocycles. The van der Waals surface area contributed by atoms with Crippen LogP contribution in [0.2, 0.25) is 0 Å².